The molecule has 0 saturated heterocycles. The molecule has 0 unspecified atom stereocenters. The lowest BCUT2D eigenvalue weighted by Crippen LogP contribution is -2.28. The van der Waals surface area contributed by atoms with E-state index in [1.807, 2.05) is 18.2 Å². The summed E-state index contributed by atoms with van der Waals surface area (Å²) in [6.45, 7) is 0.275. The summed E-state index contributed by atoms with van der Waals surface area (Å²) in [7, 11) is -3.54. The topological polar surface area (TPSA) is 93.6 Å². The number of sulfone groups is 1. The van der Waals surface area contributed by atoms with Gasteiger partial charge in [-0.2, -0.15) is 0 Å². The fourth-order valence-electron chi connectivity index (χ4n) is 3.89. The monoisotopic (exact) mass is 455 g/mol. The summed E-state index contributed by atoms with van der Waals surface area (Å²) in [5, 5.41) is 10.9. The molecule has 1 aromatic heterocycles. The minimum atomic E-state index is -3.54. The van der Waals surface area contributed by atoms with Crippen LogP contribution in [0.15, 0.2) is 60.8 Å². The van der Waals surface area contributed by atoms with Crippen LogP contribution in [0.1, 0.15) is 27.7 Å². The maximum atomic E-state index is 14.0. The lowest BCUT2D eigenvalue weighted by molar-refractivity contribution is 0.0503. The second-order valence-electron chi connectivity index (χ2n) is 7.98. The number of benzene rings is 2. The van der Waals surface area contributed by atoms with Crippen molar-refractivity contribution in [2.45, 2.75) is 12.5 Å². The Morgan fingerprint density at radius 3 is 2.72 bits per heavy atom. The van der Waals surface area contributed by atoms with Crippen molar-refractivity contribution in [2.75, 3.05) is 18.6 Å². The van der Waals surface area contributed by atoms with Gasteiger partial charge in [-0.1, -0.05) is 18.2 Å². The molecule has 2 aromatic carbocycles. The summed E-state index contributed by atoms with van der Waals surface area (Å²) in [4.78, 5) is 16.8. The zero-order chi connectivity index (χ0) is 22.9. The van der Waals surface area contributed by atoms with Crippen LogP contribution in [-0.4, -0.2) is 42.9 Å². The van der Waals surface area contributed by atoms with Crippen molar-refractivity contribution < 1.29 is 27.4 Å². The van der Waals surface area contributed by atoms with E-state index in [4.69, 9.17) is 4.74 Å². The van der Waals surface area contributed by atoms with E-state index in [1.54, 1.807) is 24.4 Å². The van der Waals surface area contributed by atoms with E-state index in [2.05, 4.69) is 4.98 Å². The van der Waals surface area contributed by atoms with Gasteiger partial charge in [-0.15, -0.1) is 0 Å². The zero-order valence-corrected chi connectivity index (χ0v) is 18.2. The van der Waals surface area contributed by atoms with Crippen LogP contribution in [0.2, 0.25) is 0 Å². The number of nitrogens with zero attached hydrogens (tertiary/aromatic N) is 1. The van der Waals surface area contributed by atoms with Crippen molar-refractivity contribution in [3.8, 4) is 16.9 Å². The molecule has 0 spiro atoms. The molecule has 3 aromatic rings. The minimum Gasteiger partial charge on any atom is -0.493 e. The SMILES string of the molecule is CS(=O)(=O)CC(=O)c1ccc(F)cc1-c1ccc2c(c1)OC[C@H](Cc1ccccn1)[C@H]2O. The maximum absolute atomic E-state index is 14.0. The van der Waals surface area contributed by atoms with Gasteiger partial charge in [-0.3, -0.25) is 9.78 Å². The van der Waals surface area contributed by atoms with Crippen molar-refractivity contribution in [1.82, 2.24) is 4.98 Å². The Kier molecular flexibility index (Phi) is 6.08. The molecule has 0 amide bonds. The number of carbonyl (C=O) groups excluding carboxylic acids is 1. The first-order valence-electron chi connectivity index (χ1n) is 10.1. The average molecular weight is 456 g/mol. The molecule has 0 aliphatic carbocycles. The summed E-state index contributed by atoms with van der Waals surface area (Å²) >= 11 is 0. The lowest BCUT2D eigenvalue weighted by atomic mass is 9.88. The molecule has 6 nitrogen and oxygen atoms in total. The molecule has 32 heavy (non-hydrogen) atoms. The minimum absolute atomic E-state index is 0.112. The van der Waals surface area contributed by atoms with Gasteiger partial charge in [-0.05, 0) is 53.9 Å². The molecule has 2 heterocycles. The van der Waals surface area contributed by atoms with E-state index in [0.717, 1.165) is 18.0 Å². The molecule has 8 heteroatoms. The van der Waals surface area contributed by atoms with Crippen molar-refractivity contribution in [2.24, 2.45) is 5.92 Å². The molecule has 4 rings (SSSR count). The second kappa shape index (κ2) is 8.80. The fraction of sp³-hybridized carbons (Fsp3) is 0.250. The number of aromatic nitrogens is 1. The maximum Gasteiger partial charge on any atom is 0.178 e. The third-order valence-electron chi connectivity index (χ3n) is 5.42. The van der Waals surface area contributed by atoms with Gasteiger partial charge in [0.25, 0.3) is 0 Å². The van der Waals surface area contributed by atoms with Gasteiger partial charge in [0.1, 0.15) is 17.3 Å². The van der Waals surface area contributed by atoms with Gasteiger partial charge in [0.15, 0.2) is 15.6 Å². The van der Waals surface area contributed by atoms with E-state index in [0.29, 0.717) is 23.3 Å². The van der Waals surface area contributed by atoms with Crippen LogP contribution in [0.25, 0.3) is 11.1 Å². The molecule has 1 aliphatic rings. The van der Waals surface area contributed by atoms with Crippen LogP contribution in [0.3, 0.4) is 0 Å². The van der Waals surface area contributed by atoms with E-state index >= 15 is 0 Å². The first-order valence-corrected chi connectivity index (χ1v) is 12.1. The Balaban J connectivity index is 1.65. The Morgan fingerprint density at radius 2 is 2.00 bits per heavy atom. The summed E-state index contributed by atoms with van der Waals surface area (Å²) in [5.41, 5.74) is 2.34. The normalized spacial score (nSPS) is 18.0. The number of hydrogen-bond acceptors (Lipinski definition) is 6. The molecule has 1 N–H and O–H groups in total. The first-order chi connectivity index (χ1) is 15.2. The Hall–Kier alpha value is -3.10. The third kappa shape index (κ3) is 4.87. The molecule has 0 radical (unpaired) electrons. The number of carbonyl (C=O) groups is 1. The van der Waals surface area contributed by atoms with E-state index < -0.39 is 33.3 Å². The van der Waals surface area contributed by atoms with E-state index in [1.165, 1.54) is 12.1 Å². The number of ether oxygens (including phenoxy) is 1. The number of pyridine rings is 1. The highest BCUT2D eigenvalue weighted by Crippen LogP contribution is 2.39. The van der Waals surface area contributed by atoms with Crippen LogP contribution < -0.4 is 4.74 Å². The van der Waals surface area contributed by atoms with Gasteiger partial charge in [-0.25, -0.2) is 12.8 Å². The summed E-state index contributed by atoms with van der Waals surface area (Å²) in [6, 6.07) is 14.2. The molecule has 1 aliphatic heterocycles. The highest BCUT2D eigenvalue weighted by molar-refractivity contribution is 7.91. The summed E-state index contributed by atoms with van der Waals surface area (Å²) < 4.78 is 43.0. The van der Waals surface area contributed by atoms with Gasteiger partial charge < -0.3 is 9.84 Å². The smallest absolute Gasteiger partial charge is 0.178 e. The number of halogens is 1. The molecule has 0 saturated carbocycles. The standard InChI is InChI=1S/C24H22FNO5S/c1-32(29,30)14-22(27)19-8-6-17(25)12-21(19)15-5-7-20-23(11-15)31-13-16(24(20)28)10-18-4-2-3-9-26-18/h2-9,11-12,16,24,28H,10,13-14H2,1H3/t16-,24+/m0/s1. The van der Waals surface area contributed by atoms with Crippen molar-refractivity contribution in [3.05, 3.63) is 83.4 Å². The fourth-order valence-corrected chi connectivity index (χ4v) is 4.52. The number of aliphatic hydroxyl groups excluding tert-OH is 1. The number of rotatable bonds is 6. The second-order valence-corrected chi connectivity index (χ2v) is 10.1. The third-order valence-corrected chi connectivity index (χ3v) is 6.20. The number of ketones is 1. The van der Waals surface area contributed by atoms with Crippen LogP contribution in [0.4, 0.5) is 4.39 Å². The van der Waals surface area contributed by atoms with Gasteiger partial charge in [0.2, 0.25) is 0 Å². The van der Waals surface area contributed by atoms with Crippen molar-refractivity contribution >= 4 is 15.6 Å². The van der Waals surface area contributed by atoms with E-state index in [-0.39, 0.29) is 23.7 Å². The highest BCUT2D eigenvalue weighted by atomic mass is 32.2. The average Bonchev–Trinajstić information content (AvgIpc) is 2.75. The number of Topliss-reactive ketones (excluding diaryl/α,β-unsaturated/α-hetero) is 1. The quantitative estimate of drug-likeness (QED) is 0.573. The molecule has 0 bridgehead atoms. The Morgan fingerprint density at radius 1 is 1.19 bits per heavy atom. The van der Waals surface area contributed by atoms with Gasteiger partial charge in [0.05, 0.1) is 12.7 Å². The molecular formula is C24H22FNO5S. The Labute approximate surface area is 185 Å². The molecule has 0 fully saturated rings. The van der Waals surface area contributed by atoms with Crippen LogP contribution in [0, 0.1) is 11.7 Å². The van der Waals surface area contributed by atoms with Crippen LogP contribution >= 0.6 is 0 Å². The summed E-state index contributed by atoms with van der Waals surface area (Å²) in [6.07, 6.45) is 2.46. The van der Waals surface area contributed by atoms with E-state index in [9.17, 15) is 22.7 Å². The number of fused-ring (bicyclic) bond motifs is 1. The summed E-state index contributed by atoms with van der Waals surface area (Å²) in [5.74, 6) is -1.56. The van der Waals surface area contributed by atoms with Crippen molar-refractivity contribution in [3.63, 3.8) is 0 Å². The Bertz CT molecular complexity index is 1260. The molecular weight excluding hydrogens is 433 g/mol. The largest absolute Gasteiger partial charge is 0.493 e. The molecule has 2 atom stereocenters. The van der Waals surface area contributed by atoms with Crippen molar-refractivity contribution in [1.29, 1.82) is 0 Å². The zero-order valence-electron chi connectivity index (χ0n) is 17.4. The van der Waals surface area contributed by atoms with Crippen LogP contribution in [-0.2, 0) is 16.3 Å². The molecule has 166 valence electrons. The van der Waals surface area contributed by atoms with Crippen LogP contribution in [0.5, 0.6) is 5.75 Å². The number of aliphatic hydroxyl groups is 1. The lowest BCUT2D eigenvalue weighted by Gasteiger charge is -2.30. The predicted molar refractivity (Wildman–Crippen MR) is 118 cm³/mol. The van der Waals surface area contributed by atoms with Gasteiger partial charge >= 0.3 is 0 Å². The number of hydrogen-bond donors (Lipinski definition) is 1. The predicted octanol–water partition coefficient (Wildman–Crippen LogP) is 3.40. The highest BCUT2D eigenvalue weighted by Gasteiger charge is 2.30. The first kappa shape index (κ1) is 22.1. The van der Waals surface area contributed by atoms with Gasteiger partial charge in [0, 0.05) is 35.2 Å².